The highest BCUT2D eigenvalue weighted by Crippen LogP contribution is 2.24. The number of aliphatic hydroxyl groups excluding tert-OH is 1. The van der Waals surface area contributed by atoms with Gasteiger partial charge >= 0.3 is 0 Å². The lowest BCUT2D eigenvalue weighted by molar-refractivity contribution is 0.119. The van der Waals surface area contributed by atoms with Crippen molar-refractivity contribution in [1.82, 2.24) is 4.90 Å². The summed E-state index contributed by atoms with van der Waals surface area (Å²) >= 11 is 5.88. The van der Waals surface area contributed by atoms with Crippen LogP contribution in [0.2, 0.25) is 5.02 Å². The van der Waals surface area contributed by atoms with Crippen molar-refractivity contribution < 1.29 is 5.11 Å². The standard InChI is InChI=1S/C12H19ClN2O.ClH/c1-3-15(4-2)8-12(16)10-7-9(13)5-6-11(10)14;/h5-7,12,16H,3-4,8,14H2,1-2H3;1H. The van der Waals surface area contributed by atoms with Gasteiger partial charge in [0.1, 0.15) is 0 Å². The number of rotatable bonds is 5. The van der Waals surface area contributed by atoms with E-state index in [0.717, 1.165) is 13.1 Å². The lowest BCUT2D eigenvalue weighted by Crippen LogP contribution is -2.28. The van der Waals surface area contributed by atoms with E-state index in [9.17, 15) is 5.11 Å². The number of anilines is 1. The summed E-state index contributed by atoms with van der Waals surface area (Å²) in [6.45, 7) is 6.54. The van der Waals surface area contributed by atoms with E-state index >= 15 is 0 Å². The monoisotopic (exact) mass is 278 g/mol. The second kappa shape index (κ2) is 7.77. The van der Waals surface area contributed by atoms with Crippen LogP contribution in [0.25, 0.3) is 0 Å². The largest absolute Gasteiger partial charge is 0.398 e. The van der Waals surface area contributed by atoms with Crippen molar-refractivity contribution in [1.29, 1.82) is 0 Å². The molecule has 17 heavy (non-hydrogen) atoms. The van der Waals surface area contributed by atoms with Gasteiger partial charge in [-0.2, -0.15) is 0 Å². The molecular weight excluding hydrogens is 259 g/mol. The fraction of sp³-hybridized carbons (Fsp3) is 0.500. The summed E-state index contributed by atoms with van der Waals surface area (Å²) < 4.78 is 0. The molecule has 0 aliphatic carbocycles. The van der Waals surface area contributed by atoms with Crippen molar-refractivity contribution in [2.24, 2.45) is 0 Å². The molecule has 0 saturated carbocycles. The molecule has 1 atom stereocenters. The first kappa shape index (κ1) is 16.5. The van der Waals surface area contributed by atoms with Gasteiger partial charge in [0.05, 0.1) is 6.10 Å². The zero-order valence-corrected chi connectivity index (χ0v) is 11.8. The molecule has 0 radical (unpaired) electrons. The first-order chi connectivity index (χ1) is 7.58. The minimum Gasteiger partial charge on any atom is -0.398 e. The SMILES string of the molecule is CCN(CC)CC(O)c1cc(Cl)ccc1N.Cl. The number of nitrogens with zero attached hydrogens (tertiary/aromatic N) is 1. The van der Waals surface area contributed by atoms with Crippen LogP contribution in [0, 0.1) is 0 Å². The summed E-state index contributed by atoms with van der Waals surface area (Å²) in [6, 6.07) is 5.18. The summed E-state index contributed by atoms with van der Waals surface area (Å²) in [5.74, 6) is 0. The molecule has 3 nitrogen and oxygen atoms in total. The van der Waals surface area contributed by atoms with Crippen LogP contribution in [0.3, 0.4) is 0 Å². The molecule has 0 aromatic heterocycles. The number of hydrogen-bond donors (Lipinski definition) is 2. The maximum Gasteiger partial charge on any atom is 0.0937 e. The molecule has 5 heteroatoms. The fourth-order valence-electron chi connectivity index (χ4n) is 1.66. The van der Waals surface area contributed by atoms with Crippen LogP contribution in [0.1, 0.15) is 25.5 Å². The van der Waals surface area contributed by atoms with E-state index in [-0.39, 0.29) is 12.4 Å². The Balaban J connectivity index is 0.00000256. The molecular formula is C12H20Cl2N2O. The second-order valence-electron chi connectivity index (χ2n) is 3.77. The van der Waals surface area contributed by atoms with Crippen molar-refractivity contribution in [2.45, 2.75) is 20.0 Å². The van der Waals surface area contributed by atoms with Crippen LogP contribution in [-0.4, -0.2) is 29.6 Å². The van der Waals surface area contributed by atoms with E-state index in [4.69, 9.17) is 17.3 Å². The first-order valence-electron chi connectivity index (χ1n) is 5.53. The average molecular weight is 279 g/mol. The number of nitrogens with two attached hydrogens (primary N) is 1. The van der Waals surface area contributed by atoms with Gasteiger partial charge in [-0.3, -0.25) is 0 Å². The van der Waals surface area contributed by atoms with Crippen LogP contribution in [0.4, 0.5) is 5.69 Å². The highest BCUT2D eigenvalue weighted by Gasteiger charge is 2.14. The van der Waals surface area contributed by atoms with E-state index in [0.29, 0.717) is 22.8 Å². The van der Waals surface area contributed by atoms with E-state index in [2.05, 4.69) is 18.7 Å². The lowest BCUT2D eigenvalue weighted by Gasteiger charge is -2.22. The predicted octanol–water partition coefficient (Wildman–Crippen LogP) is 2.72. The van der Waals surface area contributed by atoms with E-state index < -0.39 is 6.10 Å². The molecule has 0 aliphatic rings. The maximum atomic E-state index is 10.1. The Morgan fingerprint density at radius 2 is 1.94 bits per heavy atom. The first-order valence-corrected chi connectivity index (χ1v) is 5.91. The van der Waals surface area contributed by atoms with Crippen molar-refractivity contribution in [3.05, 3.63) is 28.8 Å². The molecule has 1 rings (SSSR count). The summed E-state index contributed by atoms with van der Waals surface area (Å²) in [4.78, 5) is 2.14. The van der Waals surface area contributed by atoms with Crippen LogP contribution in [0.5, 0.6) is 0 Å². The molecule has 3 N–H and O–H groups in total. The highest BCUT2D eigenvalue weighted by atomic mass is 35.5. The van der Waals surface area contributed by atoms with Gasteiger partial charge in [0, 0.05) is 22.8 Å². The number of likely N-dealkylation sites (N-methyl/N-ethyl adjacent to an activating group) is 1. The molecule has 1 aromatic carbocycles. The van der Waals surface area contributed by atoms with Gasteiger partial charge in [0.15, 0.2) is 0 Å². The summed E-state index contributed by atoms with van der Waals surface area (Å²) in [5, 5.41) is 10.7. The van der Waals surface area contributed by atoms with Gasteiger partial charge in [-0.05, 0) is 31.3 Å². The Hall–Kier alpha value is -0.480. The number of halogens is 2. The molecule has 1 aromatic rings. The Morgan fingerprint density at radius 1 is 1.35 bits per heavy atom. The third-order valence-electron chi connectivity index (χ3n) is 2.73. The zero-order chi connectivity index (χ0) is 12.1. The predicted molar refractivity (Wildman–Crippen MR) is 75.9 cm³/mol. The van der Waals surface area contributed by atoms with Crippen LogP contribution < -0.4 is 5.73 Å². The topological polar surface area (TPSA) is 49.5 Å². The van der Waals surface area contributed by atoms with Crippen LogP contribution in [-0.2, 0) is 0 Å². The lowest BCUT2D eigenvalue weighted by atomic mass is 10.1. The Bertz CT molecular complexity index is 343. The molecule has 0 aliphatic heterocycles. The Morgan fingerprint density at radius 3 is 2.47 bits per heavy atom. The molecule has 0 fully saturated rings. The van der Waals surface area contributed by atoms with Crippen molar-refractivity contribution in [3.8, 4) is 0 Å². The highest BCUT2D eigenvalue weighted by molar-refractivity contribution is 6.30. The molecule has 0 bridgehead atoms. The number of nitrogen functional groups attached to an aromatic ring is 1. The molecule has 0 heterocycles. The Labute approximate surface area is 114 Å². The third kappa shape index (κ3) is 4.72. The smallest absolute Gasteiger partial charge is 0.0937 e. The molecule has 0 amide bonds. The third-order valence-corrected chi connectivity index (χ3v) is 2.97. The van der Waals surface area contributed by atoms with Gasteiger partial charge in [0.2, 0.25) is 0 Å². The normalized spacial score (nSPS) is 12.3. The van der Waals surface area contributed by atoms with Crippen LogP contribution in [0.15, 0.2) is 18.2 Å². The number of benzene rings is 1. The minimum atomic E-state index is -0.585. The van der Waals surface area contributed by atoms with E-state index in [1.54, 1.807) is 18.2 Å². The second-order valence-corrected chi connectivity index (χ2v) is 4.21. The quantitative estimate of drug-likeness (QED) is 0.815. The zero-order valence-electron chi connectivity index (χ0n) is 10.2. The molecule has 1 unspecified atom stereocenters. The van der Waals surface area contributed by atoms with Crippen molar-refractivity contribution in [3.63, 3.8) is 0 Å². The average Bonchev–Trinajstić information content (AvgIpc) is 2.28. The van der Waals surface area contributed by atoms with Crippen molar-refractivity contribution >= 4 is 29.7 Å². The summed E-state index contributed by atoms with van der Waals surface area (Å²) in [5.41, 5.74) is 7.11. The van der Waals surface area contributed by atoms with Crippen LogP contribution >= 0.6 is 24.0 Å². The Kier molecular flexibility index (Phi) is 7.55. The molecule has 0 saturated heterocycles. The molecule has 98 valence electrons. The summed E-state index contributed by atoms with van der Waals surface area (Å²) in [6.07, 6.45) is -0.585. The minimum absolute atomic E-state index is 0. The van der Waals surface area contributed by atoms with E-state index in [1.165, 1.54) is 0 Å². The fourth-order valence-corrected chi connectivity index (χ4v) is 1.84. The number of aliphatic hydroxyl groups is 1. The van der Waals surface area contributed by atoms with E-state index in [1.807, 2.05) is 0 Å². The maximum absolute atomic E-state index is 10.1. The van der Waals surface area contributed by atoms with Gasteiger partial charge in [-0.15, -0.1) is 12.4 Å². The van der Waals surface area contributed by atoms with Gasteiger partial charge in [-0.25, -0.2) is 0 Å². The van der Waals surface area contributed by atoms with Crippen molar-refractivity contribution in [2.75, 3.05) is 25.4 Å². The summed E-state index contributed by atoms with van der Waals surface area (Å²) in [7, 11) is 0. The number of hydrogen-bond acceptors (Lipinski definition) is 3. The van der Waals surface area contributed by atoms with Gasteiger partial charge in [0.25, 0.3) is 0 Å². The van der Waals surface area contributed by atoms with Gasteiger partial charge < -0.3 is 15.7 Å². The molecule has 0 spiro atoms. The van der Waals surface area contributed by atoms with Gasteiger partial charge in [-0.1, -0.05) is 25.4 Å².